The first kappa shape index (κ1) is 61.2. The van der Waals surface area contributed by atoms with Crippen LogP contribution in [0.1, 0.15) is 89.0 Å². The number of nitrogens with one attached hydrogen (secondary N) is 10. The zero-order valence-corrected chi connectivity index (χ0v) is 45.6. The fourth-order valence-electron chi connectivity index (χ4n) is 8.48. The van der Waals surface area contributed by atoms with E-state index in [9.17, 15) is 48.3 Å². The van der Waals surface area contributed by atoms with E-state index in [2.05, 4.69) is 62.5 Å². The number of carbonyl (C=O) groups is 9. The van der Waals surface area contributed by atoms with Crippen molar-refractivity contribution in [2.24, 2.45) is 16.5 Å². The molecule has 26 heteroatoms. The molecular formula is C52H72N14O10S2. The maximum Gasteiger partial charge on any atom is 0.327 e. The molecule has 0 radical (unpaired) electrons. The number of amides is 8. The molecule has 1 fully saturated rings. The second-order valence-electron chi connectivity index (χ2n) is 18.9. The summed E-state index contributed by atoms with van der Waals surface area (Å²) < 4.78 is 0. The third kappa shape index (κ3) is 19.8. The first-order chi connectivity index (χ1) is 37.5. The van der Waals surface area contributed by atoms with Crippen LogP contribution < -0.4 is 54.0 Å². The molecule has 0 bridgehead atoms. The Hall–Kier alpha value is -7.61. The summed E-state index contributed by atoms with van der Waals surface area (Å²) in [4.78, 5) is 141. The Morgan fingerprint density at radius 2 is 1.28 bits per heavy atom. The van der Waals surface area contributed by atoms with E-state index < -0.39 is 102 Å². The smallest absolute Gasteiger partial charge is 0.327 e. The molecule has 8 atom stereocenters. The molecule has 2 aromatic heterocycles. The van der Waals surface area contributed by atoms with Gasteiger partial charge in [0.1, 0.15) is 48.3 Å². The summed E-state index contributed by atoms with van der Waals surface area (Å²) in [7, 11) is 1.98. The predicted octanol–water partition coefficient (Wildman–Crippen LogP) is 0.731. The Labute approximate surface area is 460 Å². The molecule has 1 saturated heterocycles. The highest BCUT2D eigenvalue weighted by atomic mass is 33.1. The molecule has 15 N–H and O–H groups in total. The standard InChI is InChI=1S/C52H72N14O10S2/c1-4-6-17-36(59-30(3)67)44(68)65-42-27-77-78-28-43(51(75)76)66-46(70)37(18-7-5-2)60-48(72)40(23-32-25-57-35-19-12-11-16-34(32)35)63-45(69)38(20-13-21-56-52(53)54)61-47(71)39(22-31-14-9-8-10-15-31)62-49(73)41(64-50(42)74)24-33-26-55-29-58-33/h8-12,14-16,19,25-26,29,36-43,57H,4-7,13,17-18,20-24,27-28H2,1-3H3,(H,55,58)(H,59,67)(H,60,72)(H,61,71)(H,62,73)(H,63,69)(H,64,74)(H,65,68)(H,66,70)(H,75,76)(H4,53,54,56)/t36-,37-,38-,39+,40+,41-,42-,43-/m0/s1. The highest BCUT2D eigenvalue weighted by Gasteiger charge is 2.36. The Bertz CT molecular complexity index is 2690. The van der Waals surface area contributed by atoms with Crippen LogP contribution in [0.4, 0.5) is 0 Å². The van der Waals surface area contributed by atoms with Crippen molar-refractivity contribution in [3.05, 3.63) is 90.1 Å². The Kier molecular flexibility index (Phi) is 24.8. The van der Waals surface area contributed by atoms with Crippen LogP contribution in [-0.2, 0) is 62.4 Å². The zero-order chi connectivity index (χ0) is 56.6. The number of imidazole rings is 1. The van der Waals surface area contributed by atoms with Crippen molar-refractivity contribution in [1.29, 1.82) is 0 Å². The van der Waals surface area contributed by atoms with Crippen LogP contribution >= 0.6 is 21.6 Å². The minimum atomic E-state index is -1.51. The molecule has 1 aliphatic rings. The summed E-state index contributed by atoms with van der Waals surface area (Å²) >= 11 is 0. The Morgan fingerprint density at radius 1 is 0.705 bits per heavy atom. The number of aliphatic carboxylic acids is 1. The zero-order valence-electron chi connectivity index (χ0n) is 43.9. The number of aromatic nitrogens is 3. The normalized spacial score (nSPS) is 21.8. The van der Waals surface area contributed by atoms with Crippen molar-refractivity contribution in [3.8, 4) is 0 Å². The van der Waals surface area contributed by atoms with E-state index in [1.807, 2.05) is 38.1 Å². The van der Waals surface area contributed by atoms with Crippen LogP contribution in [0, 0.1) is 0 Å². The molecule has 0 unspecified atom stereocenters. The van der Waals surface area contributed by atoms with Crippen LogP contribution in [0.5, 0.6) is 0 Å². The van der Waals surface area contributed by atoms with E-state index in [-0.39, 0.29) is 69.0 Å². The lowest BCUT2D eigenvalue weighted by Crippen LogP contribution is -2.61. The minimum absolute atomic E-state index is 0.0526. The number of aromatic amines is 2. The number of nitrogens with two attached hydrogens (primary N) is 2. The molecule has 2 aromatic carbocycles. The highest BCUT2D eigenvalue weighted by molar-refractivity contribution is 8.76. The lowest BCUT2D eigenvalue weighted by molar-refractivity contribution is -0.141. The number of carboxylic acid groups (broad SMARTS) is 1. The monoisotopic (exact) mass is 1120 g/mol. The van der Waals surface area contributed by atoms with Gasteiger partial charge in [-0.1, -0.05) is 110 Å². The minimum Gasteiger partial charge on any atom is -0.480 e. The topological polar surface area (TPSA) is 379 Å². The molecule has 1 aliphatic heterocycles. The maximum atomic E-state index is 14.8. The number of para-hydroxylation sites is 1. The molecule has 4 aromatic rings. The van der Waals surface area contributed by atoms with Gasteiger partial charge in [-0.05, 0) is 42.9 Å². The molecule has 8 amide bonds. The third-order valence-electron chi connectivity index (χ3n) is 12.7. The fraction of sp³-hybridized carbons (Fsp3) is 0.481. The molecule has 0 saturated carbocycles. The van der Waals surface area contributed by atoms with E-state index >= 15 is 0 Å². The van der Waals surface area contributed by atoms with Gasteiger partial charge in [0.15, 0.2) is 5.96 Å². The van der Waals surface area contributed by atoms with E-state index in [4.69, 9.17) is 11.5 Å². The first-order valence-corrected chi connectivity index (χ1v) is 28.4. The summed E-state index contributed by atoms with van der Waals surface area (Å²) in [6, 6.07) is 5.32. The molecule has 0 spiro atoms. The Morgan fingerprint density at radius 3 is 1.91 bits per heavy atom. The number of unbranched alkanes of at least 4 members (excludes halogenated alkanes) is 2. The summed E-state index contributed by atoms with van der Waals surface area (Å²) in [5.74, 6) is -8.07. The first-order valence-electron chi connectivity index (χ1n) is 25.9. The second-order valence-corrected chi connectivity index (χ2v) is 21.4. The lowest BCUT2D eigenvalue weighted by atomic mass is 10.0. The molecule has 5 rings (SSSR count). The van der Waals surface area contributed by atoms with Crippen LogP contribution in [-0.4, -0.2) is 146 Å². The number of H-pyrrole nitrogens is 2. The molecule has 24 nitrogen and oxygen atoms in total. The van der Waals surface area contributed by atoms with Crippen LogP contribution in [0.2, 0.25) is 0 Å². The van der Waals surface area contributed by atoms with Gasteiger partial charge in [-0.3, -0.25) is 43.3 Å². The van der Waals surface area contributed by atoms with Crippen molar-refractivity contribution < 1.29 is 48.3 Å². The largest absolute Gasteiger partial charge is 0.480 e. The SMILES string of the molecule is CCCC[C@H](NC(C)=O)C(=O)N[C@H]1CSSC[C@@H](C(=O)O)NC(=O)[C@H](CCCC)NC(=O)[C@@H](Cc2c[nH]c3ccccc23)NC(=O)[C@H](CCCN=C(N)N)NC(=O)[C@@H](Cc2ccccc2)NC(=O)[C@H](Cc2cnc[nH]2)NC1=O. The molecule has 3 heterocycles. The van der Waals surface area contributed by atoms with E-state index in [1.165, 1.54) is 19.4 Å². The second kappa shape index (κ2) is 31.6. The van der Waals surface area contributed by atoms with Gasteiger partial charge in [0.05, 0.1) is 6.33 Å². The van der Waals surface area contributed by atoms with Gasteiger partial charge in [-0.15, -0.1) is 0 Å². The van der Waals surface area contributed by atoms with Crippen molar-refractivity contribution in [1.82, 2.24) is 57.5 Å². The average molecular weight is 1120 g/mol. The van der Waals surface area contributed by atoms with Gasteiger partial charge in [-0.25, -0.2) is 9.78 Å². The van der Waals surface area contributed by atoms with Crippen molar-refractivity contribution in [3.63, 3.8) is 0 Å². The number of aliphatic imine (C=N–C) groups is 1. The van der Waals surface area contributed by atoms with Gasteiger partial charge < -0.3 is 69.1 Å². The number of hydrogen-bond acceptors (Lipinski definition) is 13. The van der Waals surface area contributed by atoms with E-state index in [1.54, 1.807) is 36.5 Å². The maximum absolute atomic E-state index is 14.8. The van der Waals surface area contributed by atoms with Gasteiger partial charge in [0, 0.05) is 73.2 Å². The van der Waals surface area contributed by atoms with Crippen molar-refractivity contribution >= 4 is 91.7 Å². The van der Waals surface area contributed by atoms with Gasteiger partial charge in [0.2, 0.25) is 47.3 Å². The number of carbonyl (C=O) groups excluding carboxylic acids is 8. The molecule has 422 valence electrons. The number of fused-ring (bicyclic) bond motifs is 1. The summed E-state index contributed by atoms with van der Waals surface area (Å²) in [6.45, 7) is 5.09. The number of guanidine groups is 1. The van der Waals surface area contributed by atoms with Crippen LogP contribution in [0.25, 0.3) is 10.9 Å². The quantitative estimate of drug-likeness (QED) is 0.0251. The molecular weight excluding hydrogens is 1040 g/mol. The predicted molar refractivity (Wildman–Crippen MR) is 297 cm³/mol. The van der Waals surface area contributed by atoms with E-state index in [0.29, 0.717) is 42.5 Å². The summed E-state index contributed by atoms with van der Waals surface area (Å²) in [6.07, 6.45) is 6.90. The van der Waals surface area contributed by atoms with Crippen molar-refractivity contribution in [2.75, 3.05) is 18.1 Å². The molecule has 0 aliphatic carbocycles. The van der Waals surface area contributed by atoms with Gasteiger partial charge in [0.25, 0.3) is 0 Å². The fourth-order valence-corrected chi connectivity index (χ4v) is 10.8. The van der Waals surface area contributed by atoms with Crippen molar-refractivity contribution in [2.45, 2.75) is 140 Å². The van der Waals surface area contributed by atoms with Crippen LogP contribution in [0.3, 0.4) is 0 Å². The number of carboxylic acids is 1. The number of benzene rings is 2. The summed E-state index contributed by atoms with van der Waals surface area (Å²) in [5.41, 5.74) is 13.6. The Balaban J connectivity index is 1.60. The van der Waals surface area contributed by atoms with Gasteiger partial charge in [-0.2, -0.15) is 0 Å². The number of hydrogen-bond donors (Lipinski definition) is 13. The third-order valence-corrected chi connectivity index (χ3v) is 15.1. The number of nitrogens with zero attached hydrogens (tertiary/aromatic N) is 2. The van der Waals surface area contributed by atoms with E-state index in [0.717, 1.165) is 32.5 Å². The van der Waals surface area contributed by atoms with Gasteiger partial charge >= 0.3 is 5.97 Å². The highest BCUT2D eigenvalue weighted by Crippen LogP contribution is 2.24. The molecule has 78 heavy (non-hydrogen) atoms. The average Bonchev–Trinajstić information content (AvgIpc) is 4.10. The lowest BCUT2D eigenvalue weighted by Gasteiger charge is -2.28. The van der Waals surface area contributed by atoms with Crippen LogP contribution in [0.15, 0.2) is 78.3 Å². The number of rotatable bonds is 20. The summed E-state index contributed by atoms with van der Waals surface area (Å²) in [5, 5.41) is 32.9.